The molecule has 0 aromatic rings. The van der Waals surface area contributed by atoms with Crippen molar-refractivity contribution in [2.75, 3.05) is 12.8 Å². The van der Waals surface area contributed by atoms with Crippen LogP contribution < -0.4 is 0 Å². The maximum atomic E-state index is 10.7. The van der Waals surface area contributed by atoms with E-state index in [1.807, 2.05) is 23.5 Å². The summed E-state index contributed by atoms with van der Waals surface area (Å²) in [5.41, 5.74) is 0. The molecule has 0 saturated heterocycles. The molecule has 7 heavy (non-hydrogen) atoms. The topological polar surface area (TPSA) is 26.3 Å². The Morgan fingerprint density at radius 2 is 2.29 bits per heavy atom. The van der Waals surface area contributed by atoms with Crippen LogP contribution in [0.4, 0.5) is 0 Å². The van der Waals surface area contributed by atoms with Crippen molar-refractivity contribution >= 4 is 24.0 Å². The lowest BCUT2D eigenvalue weighted by molar-refractivity contribution is 0.509. The summed E-state index contributed by atoms with van der Waals surface area (Å²) in [4.78, 5) is 0. The second-order valence-corrected chi connectivity index (χ2v) is 4.94. The van der Waals surface area contributed by atoms with Crippen molar-refractivity contribution in [1.29, 1.82) is 0 Å². The molecule has 4 heteroatoms. The van der Waals surface area contributed by atoms with Crippen LogP contribution in [0.1, 0.15) is 6.92 Å². The van der Waals surface area contributed by atoms with E-state index in [1.54, 1.807) is 6.66 Å². The van der Waals surface area contributed by atoms with Crippen molar-refractivity contribution in [1.82, 2.24) is 0 Å². The Morgan fingerprint density at radius 1 is 1.86 bits per heavy atom. The molecule has 0 aliphatic heterocycles. The molecule has 0 spiro atoms. The zero-order valence-corrected chi connectivity index (χ0v) is 6.60. The smallest absolute Gasteiger partial charge is 0.381 e. The molecule has 0 aliphatic rings. The zero-order chi connectivity index (χ0) is 5.91. The van der Waals surface area contributed by atoms with E-state index in [9.17, 15) is 4.57 Å². The van der Waals surface area contributed by atoms with Gasteiger partial charge in [0.15, 0.2) is 7.37 Å². The molecular weight excluding hydrogens is 126 g/mol. The van der Waals surface area contributed by atoms with Crippen LogP contribution in [0.5, 0.6) is 0 Å². The first-order valence-electron chi connectivity index (χ1n) is 2.07. The van der Waals surface area contributed by atoms with Gasteiger partial charge < -0.3 is 3.58 Å². The molecular formula is C3H8AlO2P. The molecule has 0 amide bonds. The first-order valence-corrected chi connectivity index (χ1v) is 4.80. The van der Waals surface area contributed by atoms with Gasteiger partial charge in [-0.15, -0.1) is 0 Å². The van der Waals surface area contributed by atoms with Crippen LogP contribution in [0, 0.1) is 0 Å². The first-order chi connectivity index (χ1) is 3.12. The summed E-state index contributed by atoms with van der Waals surface area (Å²) >= 11 is 2.01. The summed E-state index contributed by atoms with van der Waals surface area (Å²) in [7, 11) is -2.19. The van der Waals surface area contributed by atoms with Crippen molar-refractivity contribution < 1.29 is 8.14 Å². The van der Waals surface area contributed by atoms with Gasteiger partial charge in [-0.2, -0.15) is 0 Å². The third-order valence-electron chi connectivity index (χ3n) is 0.797. The second kappa shape index (κ2) is 2.89. The predicted octanol–water partition coefficient (Wildman–Crippen LogP) is 1.01. The minimum Gasteiger partial charge on any atom is -0.474 e. The maximum absolute atomic E-state index is 10.7. The average Bonchev–Trinajstić information content (AvgIpc) is 1.68. The van der Waals surface area contributed by atoms with E-state index in [1.165, 1.54) is 0 Å². The molecule has 2 radical (unpaired) electrons. The van der Waals surface area contributed by atoms with Gasteiger partial charge in [0.2, 0.25) is 0 Å². The summed E-state index contributed by atoms with van der Waals surface area (Å²) < 4.78 is 15.3. The van der Waals surface area contributed by atoms with Crippen LogP contribution in [0.3, 0.4) is 0 Å². The largest absolute Gasteiger partial charge is 0.474 e. The van der Waals surface area contributed by atoms with Gasteiger partial charge in [0.25, 0.3) is 0 Å². The van der Waals surface area contributed by atoms with E-state index < -0.39 is 7.37 Å². The molecule has 1 unspecified atom stereocenters. The molecule has 0 saturated carbocycles. The standard InChI is InChI=1S/C3H9O2P.Al/c1-3-6(2,4)5;/h3H2,1-2H3,(H,4,5);/q;+1/p-1. The summed E-state index contributed by atoms with van der Waals surface area (Å²) in [5.74, 6) is 0. The van der Waals surface area contributed by atoms with E-state index in [-0.39, 0.29) is 0 Å². The van der Waals surface area contributed by atoms with Crippen molar-refractivity contribution in [2.24, 2.45) is 0 Å². The fourth-order valence-electron chi connectivity index (χ4n) is 0.0745. The molecule has 0 heterocycles. The molecule has 0 aromatic carbocycles. The molecule has 0 aromatic heterocycles. The van der Waals surface area contributed by atoms with Crippen molar-refractivity contribution in [3.63, 3.8) is 0 Å². The van der Waals surface area contributed by atoms with Crippen molar-refractivity contribution in [3.8, 4) is 0 Å². The normalized spacial score (nSPS) is 18.6. The van der Waals surface area contributed by atoms with Gasteiger partial charge >= 0.3 is 16.6 Å². The van der Waals surface area contributed by atoms with Crippen molar-refractivity contribution in [2.45, 2.75) is 6.92 Å². The Labute approximate surface area is 52.5 Å². The lowest BCUT2D eigenvalue weighted by atomic mass is 11.0. The highest BCUT2D eigenvalue weighted by Gasteiger charge is 2.05. The Hall–Kier alpha value is 0.722. The molecule has 0 aliphatic carbocycles. The highest BCUT2D eigenvalue weighted by Crippen LogP contribution is 2.39. The third kappa shape index (κ3) is 3.32. The quantitative estimate of drug-likeness (QED) is 0.416. The van der Waals surface area contributed by atoms with Crippen LogP contribution in [0.2, 0.25) is 0 Å². The van der Waals surface area contributed by atoms with Gasteiger partial charge in [0.1, 0.15) is 0 Å². The Kier molecular flexibility index (Phi) is 3.19. The predicted molar refractivity (Wildman–Crippen MR) is 30.9 cm³/mol. The van der Waals surface area contributed by atoms with E-state index >= 15 is 0 Å². The number of hydrogen-bond acceptors (Lipinski definition) is 2. The monoisotopic (exact) mass is 134 g/mol. The SMILES string of the molecule is CCP(C)(=O)[O][Al]. The molecule has 40 valence electrons. The summed E-state index contributed by atoms with van der Waals surface area (Å²) in [6.07, 6.45) is 0.608. The fraction of sp³-hybridized carbons (Fsp3) is 1.00. The van der Waals surface area contributed by atoms with Crippen LogP contribution in [0.15, 0.2) is 0 Å². The van der Waals surface area contributed by atoms with Crippen LogP contribution >= 0.6 is 7.37 Å². The summed E-state index contributed by atoms with van der Waals surface area (Å²) in [6.45, 7) is 3.45. The highest BCUT2D eigenvalue weighted by atomic mass is 31.2. The second-order valence-electron chi connectivity index (χ2n) is 1.44. The minimum absolute atomic E-state index is 0.608. The van der Waals surface area contributed by atoms with E-state index in [0.717, 1.165) is 0 Å². The minimum atomic E-state index is -2.19. The zero-order valence-electron chi connectivity index (χ0n) is 4.55. The van der Waals surface area contributed by atoms with Gasteiger partial charge in [0, 0.05) is 12.8 Å². The van der Waals surface area contributed by atoms with Gasteiger partial charge in [-0.1, -0.05) is 6.92 Å². The van der Waals surface area contributed by atoms with E-state index in [2.05, 4.69) is 3.58 Å². The van der Waals surface area contributed by atoms with Crippen LogP contribution in [0.25, 0.3) is 0 Å². The number of rotatable bonds is 2. The molecule has 0 fully saturated rings. The Morgan fingerprint density at radius 3 is 2.29 bits per heavy atom. The molecule has 0 bridgehead atoms. The van der Waals surface area contributed by atoms with Gasteiger partial charge in [-0.3, -0.25) is 4.57 Å². The average molecular weight is 134 g/mol. The molecule has 0 rings (SSSR count). The highest BCUT2D eigenvalue weighted by molar-refractivity contribution is 7.58. The van der Waals surface area contributed by atoms with Crippen LogP contribution in [-0.4, -0.2) is 29.5 Å². The number of hydrogen-bond donors (Lipinski definition) is 0. The third-order valence-corrected chi connectivity index (χ3v) is 3.73. The van der Waals surface area contributed by atoms with E-state index in [0.29, 0.717) is 6.16 Å². The van der Waals surface area contributed by atoms with Crippen LogP contribution in [-0.2, 0) is 8.14 Å². The summed E-state index contributed by atoms with van der Waals surface area (Å²) in [6, 6.07) is 0. The lowest BCUT2D eigenvalue weighted by Gasteiger charge is -2.07. The van der Waals surface area contributed by atoms with Gasteiger partial charge in [-0.25, -0.2) is 0 Å². The first kappa shape index (κ1) is 7.72. The maximum Gasteiger partial charge on any atom is 0.381 e. The Bertz CT molecular complexity index is 84.9. The van der Waals surface area contributed by atoms with Gasteiger partial charge in [-0.05, 0) is 0 Å². The lowest BCUT2D eigenvalue weighted by Crippen LogP contribution is -1.84. The molecule has 0 N–H and O–H groups in total. The fourth-order valence-corrected chi connectivity index (χ4v) is 0.671. The summed E-state index contributed by atoms with van der Waals surface area (Å²) in [5, 5.41) is 0. The van der Waals surface area contributed by atoms with Gasteiger partial charge in [0.05, 0.1) is 0 Å². The molecule has 2 nitrogen and oxygen atoms in total. The van der Waals surface area contributed by atoms with E-state index in [4.69, 9.17) is 0 Å². The van der Waals surface area contributed by atoms with Crippen molar-refractivity contribution in [3.05, 3.63) is 0 Å². The Balaban J connectivity index is 3.61. The molecule has 1 atom stereocenters.